The van der Waals surface area contributed by atoms with Crippen molar-refractivity contribution < 1.29 is 13.2 Å². The van der Waals surface area contributed by atoms with Crippen LogP contribution in [0.15, 0.2) is 29.2 Å². The molecule has 2 unspecified atom stereocenters. The molecule has 6 heteroatoms. The average molecular weight is 290 g/mol. The molecule has 1 aliphatic rings. The lowest BCUT2D eigenvalue weighted by Crippen LogP contribution is -2.42. The van der Waals surface area contributed by atoms with Crippen LogP contribution in [0.1, 0.15) is 24.3 Å². The number of hydrogen-bond donors (Lipinski definition) is 1. The van der Waals surface area contributed by atoms with Crippen LogP contribution in [-0.4, -0.2) is 30.2 Å². The van der Waals surface area contributed by atoms with Crippen LogP contribution in [0.5, 0.6) is 0 Å². The molecule has 1 aromatic heterocycles. The molecule has 0 fully saturated rings. The van der Waals surface area contributed by atoms with Crippen LogP contribution in [0.3, 0.4) is 0 Å². The summed E-state index contributed by atoms with van der Waals surface area (Å²) in [6.07, 6.45) is -2.87. The van der Waals surface area contributed by atoms with E-state index in [1.54, 1.807) is 11.3 Å². The Morgan fingerprint density at radius 3 is 2.58 bits per heavy atom. The predicted molar refractivity (Wildman–Crippen MR) is 71.0 cm³/mol. The maximum atomic E-state index is 12.6. The fourth-order valence-corrected chi connectivity index (χ4v) is 3.40. The molecule has 0 aliphatic carbocycles. The zero-order chi connectivity index (χ0) is 14.0. The Kier molecular flexibility index (Phi) is 4.32. The van der Waals surface area contributed by atoms with Crippen molar-refractivity contribution in [2.45, 2.75) is 31.6 Å². The quantitative estimate of drug-likeness (QED) is 0.865. The standard InChI is InChI=1S/C13H17F3N2S/c1-9(17)12(11-3-2-8-19-11)18-6-4-10(5-7-18)13(14,15)16/h2-4,8-9,12H,5-7,17H2,1H3. The SMILES string of the molecule is CC(N)C(c1cccs1)N1CC=C(C(F)(F)F)CC1. The summed E-state index contributed by atoms with van der Waals surface area (Å²) in [7, 11) is 0. The summed E-state index contributed by atoms with van der Waals surface area (Å²) in [6.45, 7) is 2.60. The van der Waals surface area contributed by atoms with Crippen molar-refractivity contribution in [3.05, 3.63) is 34.0 Å². The van der Waals surface area contributed by atoms with Crippen LogP contribution in [0, 0.1) is 0 Å². The summed E-state index contributed by atoms with van der Waals surface area (Å²) in [5, 5.41) is 1.96. The maximum Gasteiger partial charge on any atom is 0.412 e. The van der Waals surface area contributed by atoms with Crippen LogP contribution in [0.25, 0.3) is 0 Å². The highest BCUT2D eigenvalue weighted by Crippen LogP contribution is 2.34. The summed E-state index contributed by atoms with van der Waals surface area (Å²) in [5.41, 5.74) is 5.58. The number of nitrogens with zero attached hydrogens (tertiary/aromatic N) is 1. The Labute approximate surface area is 114 Å². The lowest BCUT2D eigenvalue weighted by atomic mass is 10.0. The minimum absolute atomic E-state index is 0.00830. The third kappa shape index (κ3) is 3.38. The Hall–Kier alpha value is -0.850. The summed E-state index contributed by atoms with van der Waals surface area (Å²) < 4.78 is 37.8. The molecule has 2 rings (SSSR count). The van der Waals surface area contributed by atoms with Gasteiger partial charge in [-0.25, -0.2) is 0 Å². The van der Waals surface area contributed by atoms with Crippen molar-refractivity contribution in [1.82, 2.24) is 4.90 Å². The zero-order valence-electron chi connectivity index (χ0n) is 10.7. The Morgan fingerprint density at radius 1 is 1.42 bits per heavy atom. The first-order chi connectivity index (χ1) is 8.89. The van der Waals surface area contributed by atoms with E-state index < -0.39 is 11.7 Å². The molecular weight excluding hydrogens is 273 g/mol. The topological polar surface area (TPSA) is 29.3 Å². The van der Waals surface area contributed by atoms with Crippen molar-refractivity contribution in [3.8, 4) is 0 Å². The number of thiophene rings is 1. The third-order valence-corrected chi connectivity index (χ3v) is 4.27. The highest BCUT2D eigenvalue weighted by Gasteiger charge is 2.36. The molecule has 1 aliphatic heterocycles. The van der Waals surface area contributed by atoms with Gasteiger partial charge in [0.15, 0.2) is 0 Å². The van der Waals surface area contributed by atoms with Gasteiger partial charge >= 0.3 is 6.18 Å². The van der Waals surface area contributed by atoms with E-state index in [0.29, 0.717) is 13.1 Å². The molecule has 2 atom stereocenters. The monoisotopic (exact) mass is 290 g/mol. The van der Waals surface area contributed by atoms with E-state index in [-0.39, 0.29) is 18.5 Å². The van der Waals surface area contributed by atoms with Gasteiger partial charge in [0.2, 0.25) is 0 Å². The highest BCUT2D eigenvalue weighted by atomic mass is 32.1. The molecule has 106 valence electrons. The largest absolute Gasteiger partial charge is 0.412 e. The van der Waals surface area contributed by atoms with Crippen LogP contribution in [-0.2, 0) is 0 Å². The molecule has 0 amide bonds. The number of hydrogen-bond acceptors (Lipinski definition) is 3. The van der Waals surface area contributed by atoms with Crippen LogP contribution in [0.2, 0.25) is 0 Å². The summed E-state index contributed by atoms with van der Waals surface area (Å²) >= 11 is 1.59. The molecule has 2 heterocycles. The highest BCUT2D eigenvalue weighted by molar-refractivity contribution is 7.10. The molecule has 0 bridgehead atoms. The van der Waals surface area contributed by atoms with Crippen LogP contribution in [0.4, 0.5) is 13.2 Å². The minimum Gasteiger partial charge on any atom is -0.326 e. The normalized spacial score (nSPS) is 21.0. The van der Waals surface area contributed by atoms with Crippen molar-refractivity contribution in [3.63, 3.8) is 0 Å². The van der Waals surface area contributed by atoms with Gasteiger partial charge in [-0.05, 0) is 24.8 Å². The number of halogens is 3. The Bertz CT molecular complexity index is 437. The second-order valence-corrected chi connectivity index (χ2v) is 5.77. The first kappa shape index (κ1) is 14.6. The van der Waals surface area contributed by atoms with Crippen molar-refractivity contribution in [1.29, 1.82) is 0 Å². The summed E-state index contributed by atoms with van der Waals surface area (Å²) in [4.78, 5) is 3.13. The van der Waals surface area contributed by atoms with Gasteiger partial charge in [0.1, 0.15) is 0 Å². The molecule has 19 heavy (non-hydrogen) atoms. The maximum absolute atomic E-state index is 12.6. The van der Waals surface area contributed by atoms with E-state index in [0.717, 1.165) is 4.88 Å². The van der Waals surface area contributed by atoms with Gasteiger partial charge in [-0.2, -0.15) is 13.2 Å². The molecule has 0 saturated heterocycles. The predicted octanol–water partition coefficient (Wildman–Crippen LogP) is 3.33. The Morgan fingerprint density at radius 2 is 2.16 bits per heavy atom. The Balaban J connectivity index is 2.13. The number of nitrogens with two attached hydrogens (primary N) is 1. The molecule has 0 radical (unpaired) electrons. The van der Waals surface area contributed by atoms with Gasteiger partial charge in [-0.15, -0.1) is 11.3 Å². The first-order valence-corrected chi connectivity index (χ1v) is 7.07. The smallest absolute Gasteiger partial charge is 0.326 e. The molecule has 1 aromatic rings. The summed E-state index contributed by atoms with van der Waals surface area (Å²) in [6, 6.07) is 3.81. The van der Waals surface area contributed by atoms with Gasteiger partial charge in [0.25, 0.3) is 0 Å². The van der Waals surface area contributed by atoms with Crippen LogP contribution < -0.4 is 5.73 Å². The molecule has 2 nitrogen and oxygen atoms in total. The lowest BCUT2D eigenvalue weighted by Gasteiger charge is -2.36. The van der Waals surface area contributed by atoms with Crippen molar-refractivity contribution in [2.75, 3.05) is 13.1 Å². The first-order valence-electron chi connectivity index (χ1n) is 6.19. The number of rotatable bonds is 3. The van der Waals surface area contributed by atoms with Gasteiger partial charge in [0.05, 0.1) is 6.04 Å². The second-order valence-electron chi connectivity index (χ2n) is 4.79. The van der Waals surface area contributed by atoms with E-state index in [1.807, 2.05) is 29.3 Å². The molecular formula is C13H17F3N2S. The van der Waals surface area contributed by atoms with Gasteiger partial charge in [-0.3, -0.25) is 4.90 Å². The van der Waals surface area contributed by atoms with Gasteiger partial charge in [-0.1, -0.05) is 12.1 Å². The number of alkyl halides is 3. The van der Waals surface area contributed by atoms with E-state index in [2.05, 4.69) is 0 Å². The van der Waals surface area contributed by atoms with E-state index in [9.17, 15) is 13.2 Å². The van der Waals surface area contributed by atoms with E-state index >= 15 is 0 Å². The van der Waals surface area contributed by atoms with Crippen molar-refractivity contribution >= 4 is 11.3 Å². The average Bonchev–Trinajstić information content (AvgIpc) is 2.82. The van der Waals surface area contributed by atoms with Gasteiger partial charge in [0, 0.05) is 29.6 Å². The second kappa shape index (κ2) is 5.64. The lowest BCUT2D eigenvalue weighted by molar-refractivity contribution is -0.0964. The zero-order valence-corrected chi connectivity index (χ0v) is 11.5. The molecule has 0 aromatic carbocycles. The van der Waals surface area contributed by atoms with Crippen LogP contribution >= 0.6 is 11.3 Å². The van der Waals surface area contributed by atoms with Gasteiger partial charge < -0.3 is 5.73 Å². The fraction of sp³-hybridized carbons (Fsp3) is 0.538. The molecule has 0 saturated carbocycles. The van der Waals surface area contributed by atoms with E-state index in [1.165, 1.54) is 6.08 Å². The summed E-state index contributed by atoms with van der Waals surface area (Å²) in [5.74, 6) is 0. The van der Waals surface area contributed by atoms with E-state index in [4.69, 9.17) is 5.73 Å². The minimum atomic E-state index is -4.20. The third-order valence-electron chi connectivity index (χ3n) is 3.33. The fourth-order valence-electron chi connectivity index (χ4n) is 2.43. The molecule has 0 spiro atoms. The van der Waals surface area contributed by atoms with Crippen molar-refractivity contribution in [2.24, 2.45) is 5.73 Å². The molecule has 2 N–H and O–H groups in total.